The maximum atomic E-state index is 6.03. The van der Waals surface area contributed by atoms with Gasteiger partial charge in [0.15, 0.2) is 5.96 Å². The molecule has 6 nitrogen and oxygen atoms in total. The molecule has 2 atom stereocenters. The minimum Gasteiger partial charge on any atom is -0.443 e. The maximum Gasteiger partial charge on any atom is 0.216 e. The van der Waals surface area contributed by atoms with Gasteiger partial charge in [-0.2, -0.15) is 0 Å². The second-order valence-electron chi connectivity index (χ2n) is 8.88. The molecule has 6 heteroatoms. The van der Waals surface area contributed by atoms with Crippen LogP contribution in [0.4, 0.5) is 0 Å². The molecule has 1 spiro atoms. The van der Waals surface area contributed by atoms with E-state index in [1.165, 1.54) is 25.7 Å². The zero-order valence-corrected chi connectivity index (χ0v) is 17.6. The number of oxazole rings is 1. The molecule has 3 rings (SSSR count). The highest BCUT2D eigenvalue weighted by Gasteiger charge is 2.56. The first kappa shape index (κ1) is 20.2. The molecule has 2 fully saturated rings. The third-order valence-corrected chi connectivity index (χ3v) is 6.01. The molecule has 1 heterocycles. The van der Waals surface area contributed by atoms with Gasteiger partial charge in [-0.3, -0.25) is 0 Å². The Balaban J connectivity index is 1.65. The predicted molar refractivity (Wildman–Crippen MR) is 108 cm³/mol. The summed E-state index contributed by atoms with van der Waals surface area (Å²) in [7, 11) is 0. The average molecular weight is 377 g/mol. The number of guanidine groups is 1. The fraction of sp³-hybridized carbons (Fsp3) is 0.810. The van der Waals surface area contributed by atoms with Crippen molar-refractivity contribution in [1.29, 1.82) is 0 Å². The Hall–Kier alpha value is -1.56. The van der Waals surface area contributed by atoms with E-state index in [9.17, 15) is 0 Å². The van der Waals surface area contributed by atoms with Gasteiger partial charge in [-0.1, -0.05) is 33.6 Å². The van der Waals surface area contributed by atoms with Gasteiger partial charge in [0.25, 0.3) is 0 Å². The van der Waals surface area contributed by atoms with Crippen LogP contribution in [-0.2, 0) is 16.7 Å². The van der Waals surface area contributed by atoms with E-state index in [1.807, 2.05) is 6.20 Å². The molecule has 27 heavy (non-hydrogen) atoms. The molecule has 2 N–H and O–H groups in total. The third-order valence-electron chi connectivity index (χ3n) is 6.01. The topological polar surface area (TPSA) is 71.7 Å². The van der Waals surface area contributed by atoms with E-state index >= 15 is 0 Å². The summed E-state index contributed by atoms with van der Waals surface area (Å²) in [4.78, 5) is 9.11. The first-order chi connectivity index (χ1) is 12.9. The van der Waals surface area contributed by atoms with Gasteiger partial charge in [0.2, 0.25) is 5.89 Å². The molecular formula is C21H36N4O2. The summed E-state index contributed by atoms with van der Waals surface area (Å²) in [5, 5.41) is 7.04. The summed E-state index contributed by atoms with van der Waals surface area (Å²) in [6, 6.07) is 0.434. The average Bonchev–Trinajstić information content (AvgIpc) is 3.29. The number of rotatable bonds is 6. The van der Waals surface area contributed by atoms with Crippen LogP contribution in [0.3, 0.4) is 0 Å². The van der Waals surface area contributed by atoms with Crippen LogP contribution in [-0.4, -0.2) is 36.2 Å². The van der Waals surface area contributed by atoms with Gasteiger partial charge < -0.3 is 19.8 Å². The quantitative estimate of drug-likeness (QED) is 0.584. The van der Waals surface area contributed by atoms with Crippen molar-refractivity contribution < 1.29 is 9.15 Å². The number of hydrogen-bond donors (Lipinski definition) is 2. The third kappa shape index (κ3) is 4.31. The molecule has 1 aromatic rings. The van der Waals surface area contributed by atoms with Crippen LogP contribution in [0.5, 0.6) is 0 Å². The van der Waals surface area contributed by atoms with E-state index in [2.05, 4.69) is 50.2 Å². The zero-order valence-electron chi connectivity index (χ0n) is 17.6. The van der Waals surface area contributed by atoms with Crippen molar-refractivity contribution in [3.8, 4) is 0 Å². The van der Waals surface area contributed by atoms with Gasteiger partial charge in [0, 0.05) is 30.0 Å². The summed E-state index contributed by atoms with van der Waals surface area (Å²) in [5.74, 6) is 2.40. The Labute approximate surface area is 163 Å². The van der Waals surface area contributed by atoms with Gasteiger partial charge in [-0.05, 0) is 33.1 Å². The largest absolute Gasteiger partial charge is 0.443 e. The van der Waals surface area contributed by atoms with Gasteiger partial charge >= 0.3 is 0 Å². The number of ether oxygens (including phenoxy) is 1. The Bertz CT molecular complexity index is 641. The molecule has 0 saturated heterocycles. The summed E-state index contributed by atoms with van der Waals surface area (Å²) in [5.41, 5.74) is 0.251. The predicted octanol–water partition coefficient (Wildman–Crippen LogP) is 3.77. The van der Waals surface area contributed by atoms with Crippen molar-refractivity contribution in [2.24, 2.45) is 10.4 Å². The van der Waals surface area contributed by atoms with Crippen LogP contribution in [0.1, 0.15) is 78.4 Å². The van der Waals surface area contributed by atoms with Crippen LogP contribution in [0.2, 0.25) is 0 Å². The minimum atomic E-state index is -0.0349. The monoisotopic (exact) mass is 376 g/mol. The molecule has 0 radical (unpaired) electrons. The molecule has 152 valence electrons. The van der Waals surface area contributed by atoms with E-state index < -0.39 is 0 Å². The SMILES string of the molecule is CCNC(=NCc1ncc(C(C)(C)C)o1)NC1CC(OCC)C12CCCC2. The van der Waals surface area contributed by atoms with Crippen molar-refractivity contribution >= 4 is 5.96 Å². The molecule has 2 aliphatic rings. The molecule has 2 aliphatic carbocycles. The summed E-state index contributed by atoms with van der Waals surface area (Å²) < 4.78 is 11.9. The summed E-state index contributed by atoms with van der Waals surface area (Å²) >= 11 is 0. The number of aromatic nitrogens is 1. The van der Waals surface area contributed by atoms with E-state index in [-0.39, 0.29) is 10.8 Å². The fourth-order valence-corrected chi connectivity index (χ4v) is 4.45. The van der Waals surface area contributed by atoms with Crippen LogP contribution >= 0.6 is 0 Å². The van der Waals surface area contributed by atoms with Gasteiger partial charge in [-0.25, -0.2) is 9.98 Å². The zero-order chi connectivity index (χ0) is 19.5. The maximum absolute atomic E-state index is 6.03. The van der Waals surface area contributed by atoms with Crippen LogP contribution in [0.25, 0.3) is 0 Å². The lowest BCUT2D eigenvalue weighted by atomic mass is 9.60. The van der Waals surface area contributed by atoms with Crippen molar-refractivity contribution in [1.82, 2.24) is 15.6 Å². The number of hydrogen-bond acceptors (Lipinski definition) is 4. The van der Waals surface area contributed by atoms with Crippen molar-refractivity contribution in [2.75, 3.05) is 13.2 Å². The molecule has 0 aliphatic heterocycles. The lowest BCUT2D eigenvalue weighted by Crippen LogP contribution is -2.65. The molecule has 1 aromatic heterocycles. The van der Waals surface area contributed by atoms with Crippen LogP contribution in [0, 0.1) is 5.41 Å². The number of nitrogens with zero attached hydrogens (tertiary/aromatic N) is 2. The van der Waals surface area contributed by atoms with Crippen molar-refractivity contribution in [2.45, 2.75) is 90.8 Å². The minimum absolute atomic E-state index is 0.0349. The van der Waals surface area contributed by atoms with E-state index in [1.54, 1.807) is 0 Å². The number of aliphatic imine (C=N–C) groups is 1. The molecule has 2 saturated carbocycles. The lowest BCUT2D eigenvalue weighted by molar-refractivity contribution is -0.125. The second-order valence-corrected chi connectivity index (χ2v) is 8.88. The number of nitrogens with one attached hydrogen (secondary N) is 2. The Morgan fingerprint density at radius 2 is 2.07 bits per heavy atom. The molecular weight excluding hydrogens is 340 g/mol. The molecule has 2 unspecified atom stereocenters. The summed E-state index contributed by atoms with van der Waals surface area (Å²) in [6.45, 7) is 12.6. The molecule has 0 amide bonds. The summed E-state index contributed by atoms with van der Waals surface area (Å²) in [6.07, 6.45) is 8.39. The normalized spacial score (nSPS) is 24.9. The van der Waals surface area contributed by atoms with Gasteiger partial charge in [0.05, 0.1) is 12.3 Å². The van der Waals surface area contributed by atoms with Gasteiger partial charge in [0.1, 0.15) is 12.3 Å². The molecule has 0 bridgehead atoms. The Morgan fingerprint density at radius 1 is 1.33 bits per heavy atom. The smallest absolute Gasteiger partial charge is 0.216 e. The molecule has 0 aromatic carbocycles. The van der Waals surface area contributed by atoms with Crippen molar-refractivity contribution in [3.05, 3.63) is 17.8 Å². The first-order valence-electron chi connectivity index (χ1n) is 10.5. The van der Waals surface area contributed by atoms with Gasteiger partial charge in [-0.15, -0.1) is 0 Å². The van der Waals surface area contributed by atoms with E-state index in [4.69, 9.17) is 14.1 Å². The van der Waals surface area contributed by atoms with Crippen LogP contribution in [0.15, 0.2) is 15.6 Å². The highest BCUT2D eigenvalue weighted by molar-refractivity contribution is 5.80. The standard InChI is InChI=1S/C21H36N4O2/c1-6-22-19(24-14-18-23-13-17(27-18)20(3,4)5)25-15-12-16(26-7-2)21(15)10-8-9-11-21/h13,15-16H,6-12,14H2,1-5H3,(H2,22,24,25). The first-order valence-corrected chi connectivity index (χ1v) is 10.5. The second kappa shape index (κ2) is 8.21. The lowest BCUT2D eigenvalue weighted by Gasteiger charge is -2.54. The Kier molecular flexibility index (Phi) is 6.14. The van der Waals surface area contributed by atoms with Crippen LogP contribution < -0.4 is 10.6 Å². The Morgan fingerprint density at radius 3 is 2.67 bits per heavy atom. The highest BCUT2D eigenvalue weighted by Crippen LogP contribution is 2.54. The highest BCUT2D eigenvalue weighted by atomic mass is 16.5. The fourth-order valence-electron chi connectivity index (χ4n) is 4.45. The van der Waals surface area contributed by atoms with E-state index in [0.717, 1.165) is 31.3 Å². The van der Waals surface area contributed by atoms with Crippen molar-refractivity contribution in [3.63, 3.8) is 0 Å². The van der Waals surface area contributed by atoms with E-state index in [0.29, 0.717) is 24.6 Å².